The van der Waals surface area contributed by atoms with Gasteiger partial charge in [-0.3, -0.25) is 5.43 Å². The number of allylic oxidation sites excluding steroid dienone is 1. The quantitative estimate of drug-likeness (QED) is 0.450. The molecule has 0 aliphatic heterocycles. The Hall–Kier alpha value is -2.59. The fourth-order valence-corrected chi connectivity index (χ4v) is 1.78. The zero-order valence-corrected chi connectivity index (χ0v) is 13.2. The molecule has 0 aliphatic carbocycles. The van der Waals surface area contributed by atoms with E-state index in [1.54, 1.807) is 27.0 Å². The second-order valence-electron chi connectivity index (χ2n) is 4.52. The standard InChI is InChI=1S/C15H20N4O3/c1-5-22-14(20)7-11(3)18-19-15-13(8-16)12(9-21-4)6-10(2)17-15/h6-7,18H,5,9H2,1-4H3,(H,17,19)/b11-7+. The molecule has 1 aromatic rings. The molecular formula is C15H20N4O3. The van der Waals surface area contributed by atoms with Crippen molar-refractivity contribution < 1.29 is 14.3 Å². The Morgan fingerprint density at radius 1 is 1.55 bits per heavy atom. The van der Waals surface area contributed by atoms with Gasteiger partial charge in [-0.15, -0.1) is 0 Å². The highest BCUT2D eigenvalue weighted by Crippen LogP contribution is 2.18. The van der Waals surface area contributed by atoms with Crippen molar-refractivity contribution in [3.05, 3.63) is 34.7 Å². The molecule has 1 aromatic heterocycles. The number of ether oxygens (including phenoxy) is 2. The first-order valence-electron chi connectivity index (χ1n) is 6.78. The summed E-state index contributed by atoms with van der Waals surface area (Å²) in [5, 5.41) is 9.30. The fourth-order valence-electron chi connectivity index (χ4n) is 1.78. The van der Waals surface area contributed by atoms with Crippen LogP contribution in [0.1, 0.15) is 30.7 Å². The molecule has 0 saturated carbocycles. The Labute approximate surface area is 129 Å². The number of methoxy groups -OCH3 is 1. The second-order valence-corrected chi connectivity index (χ2v) is 4.52. The molecule has 0 aromatic carbocycles. The number of hydrogen-bond acceptors (Lipinski definition) is 7. The third-order valence-electron chi connectivity index (χ3n) is 2.64. The van der Waals surface area contributed by atoms with Crippen LogP contribution < -0.4 is 10.9 Å². The second kappa shape index (κ2) is 8.64. The summed E-state index contributed by atoms with van der Waals surface area (Å²) in [4.78, 5) is 15.6. The number of anilines is 1. The summed E-state index contributed by atoms with van der Waals surface area (Å²) in [7, 11) is 1.56. The van der Waals surface area contributed by atoms with E-state index < -0.39 is 5.97 Å². The topological polar surface area (TPSA) is 96.3 Å². The Morgan fingerprint density at radius 3 is 2.86 bits per heavy atom. The molecule has 1 heterocycles. The number of nitrogens with one attached hydrogen (secondary N) is 2. The minimum Gasteiger partial charge on any atom is -0.463 e. The lowest BCUT2D eigenvalue weighted by molar-refractivity contribution is -0.137. The molecule has 7 heteroatoms. The SMILES string of the molecule is CCOC(=O)/C=C(\C)NNc1nc(C)cc(COC)c1C#N. The lowest BCUT2D eigenvalue weighted by Gasteiger charge is -2.13. The van der Waals surface area contributed by atoms with Gasteiger partial charge in [0, 0.05) is 30.1 Å². The molecule has 0 saturated heterocycles. The van der Waals surface area contributed by atoms with E-state index in [0.717, 1.165) is 11.3 Å². The van der Waals surface area contributed by atoms with E-state index in [2.05, 4.69) is 21.9 Å². The minimum absolute atomic E-state index is 0.314. The fraction of sp³-hybridized carbons (Fsp3) is 0.400. The first kappa shape index (κ1) is 17.5. The zero-order valence-electron chi connectivity index (χ0n) is 13.2. The van der Waals surface area contributed by atoms with Crippen LogP contribution in [0.25, 0.3) is 0 Å². The molecular weight excluding hydrogens is 284 g/mol. The molecule has 0 radical (unpaired) electrons. The van der Waals surface area contributed by atoms with Crippen LogP contribution in [0.3, 0.4) is 0 Å². The van der Waals surface area contributed by atoms with Gasteiger partial charge in [-0.2, -0.15) is 5.26 Å². The molecule has 2 N–H and O–H groups in total. The van der Waals surface area contributed by atoms with E-state index in [-0.39, 0.29) is 0 Å². The van der Waals surface area contributed by atoms with E-state index >= 15 is 0 Å². The highest BCUT2D eigenvalue weighted by Gasteiger charge is 2.11. The number of pyridine rings is 1. The summed E-state index contributed by atoms with van der Waals surface area (Å²) >= 11 is 0. The predicted octanol–water partition coefficient (Wildman–Crippen LogP) is 1.79. The van der Waals surface area contributed by atoms with Crippen molar-refractivity contribution in [3.8, 4) is 6.07 Å². The van der Waals surface area contributed by atoms with Crippen molar-refractivity contribution in [1.82, 2.24) is 10.4 Å². The van der Waals surface area contributed by atoms with Gasteiger partial charge in [0.1, 0.15) is 11.6 Å². The highest BCUT2D eigenvalue weighted by molar-refractivity contribution is 5.82. The number of hydrazine groups is 1. The maximum atomic E-state index is 11.3. The maximum Gasteiger partial charge on any atom is 0.332 e. The lowest BCUT2D eigenvalue weighted by Crippen LogP contribution is -2.22. The van der Waals surface area contributed by atoms with E-state index in [4.69, 9.17) is 9.47 Å². The Kier molecular flexibility index (Phi) is 6.86. The van der Waals surface area contributed by atoms with E-state index in [9.17, 15) is 10.1 Å². The average Bonchev–Trinajstić information content (AvgIpc) is 2.45. The van der Waals surface area contributed by atoms with Gasteiger partial charge in [-0.25, -0.2) is 9.78 Å². The monoisotopic (exact) mass is 304 g/mol. The number of rotatable bonds is 7. The van der Waals surface area contributed by atoms with Gasteiger partial charge in [-0.1, -0.05) is 0 Å². The smallest absolute Gasteiger partial charge is 0.332 e. The molecule has 0 fully saturated rings. The van der Waals surface area contributed by atoms with Crippen molar-refractivity contribution in [2.24, 2.45) is 0 Å². The van der Waals surface area contributed by atoms with Gasteiger partial charge in [-0.05, 0) is 26.8 Å². The van der Waals surface area contributed by atoms with Crippen LogP contribution in [0.5, 0.6) is 0 Å². The lowest BCUT2D eigenvalue weighted by atomic mass is 10.1. The summed E-state index contributed by atoms with van der Waals surface area (Å²) in [6, 6.07) is 3.91. The van der Waals surface area contributed by atoms with E-state index in [0.29, 0.717) is 30.3 Å². The Bertz CT molecular complexity index is 606. The summed E-state index contributed by atoms with van der Waals surface area (Å²) in [5.74, 6) is -0.0572. The van der Waals surface area contributed by atoms with Crippen LogP contribution in [0.4, 0.5) is 5.82 Å². The first-order chi connectivity index (χ1) is 10.5. The largest absolute Gasteiger partial charge is 0.463 e. The summed E-state index contributed by atoms with van der Waals surface area (Å²) in [6.07, 6.45) is 1.31. The van der Waals surface area contributed by atoms with Gasteiger partial charge in [0.05, 0.1) is 13.2 Å². The number of carbonyl (C=O) groups excluding carboxylic acids is 1. The number of esters is 1. The number of aromatic nitrogens is 1. The average molecular weight is 304 g/mol. The van der Waals surface area contributed by atoms with Crippen molar-refractivity contribution in [3.63, 3.8) is 0 Å². The van der Waals surface area contributed by atoms with Gasteiger partial charge in [0.15, 0.2) is 5.82 Å². The van der Waals surface area contributed by atoms with Crippen LogP contribution in [0.15, 0.2) is 17.8 Å². The van der Waals surface area contributed by atoms with Crippen LogP contribution in [0.2, 0.25) is 0 Å². The Morgan fingerprint density at radius 2 is 2.27 bits per heavy atom. The van der Waals surface area contributed by atoms with Crippen LogP contribution >= 0.6 is 0 Å². The third kappa shape index (κ3) is 5.07. The number of carbonyl (C=O) groups is 1. The summed E-state index contributed by atoms with van der Waals surface area (Å²) < 4.78 is 9.90. The van der Waals surface area contributed by atoms with Gasteiger partial charge < -0.3 is 14.9 Å². The number of aryl methyl sites for hydroxylation is 1. The molecule has 0 spiro atoms. The predicted molar refractivity (Wildman–Crippen MR) is 81.6 cm³/mol. The van der Waals surface area contributed by atoms with Crippen molar-refractivity contribution in [2.45, 2.75) is 27.4 Å². The van der Waals surface area contributed by atoms with E-state index in [1.165, 1.54) is 6.08 Å². The van der Waals surface area contributed by atoms with E-state index in [1.807, 2.05) is 6.92 Å². The molecule has 7 nitrogen and oxygen atoms in total. The molecule has 0 atom stereocenters. The van der Waals surface area contributed by atoms with Gasteiger partial charge >= 0.3 is 5.97 Å². The molecule has 0 unspecified atom stereocenters. The molecule has 118 valence electrons. The highest BCUT2D eigenvalue weighted by atomic mass is 16.5. The summed E-state index contributed by atoms with van der Waals surface area (Å²) in [5.41, 5.74) is 8.08. The zero-order chi connectivity index (χ0) is 16.5. The number of nitriles is 1. The van der Waals surface area contributed by atoms with Crippen molar-refractivity contribution in [1.29, 1.82) is 5.26 Å². The molecule has 0 aliphatic rings. The molecule has 1 rings (SSSR count). The first-order valence-corrected chi connectivity index (χ1v) is 6.78. The van der Waals surface area contributed by atoms with Crippen molar-refractivity contribution in [2.75, 3.05) is 19.1 Å². The van der Waals surface area contributed by atoms with Crippen LogP contribution in [-0.2, 0) is 20.9 Å². The molecule has 22 heavy (non-hydrogen) atoms. The van der Waals surface area contributed by atoms with Crippen molar-refractivity contribution >= 4 is 11.8 Å². The third-order valence-corrected chi connectivity index (χ3v) is 2.64. The molecule has 0 bridgehead atoms. The van der Waals surface area contributed by atoms with Crippen LogP contribution in [-0.4, -0.2) is 24.7 Å². The number of nitrogens with zero attached hydrogens (tertiary/aromatic N) is 2. The molecule has 0 amide bonds. The minimum atomic E-state index is -0.438. The van der Waals surface area contributed by atoms with Gasteiger partial charge in [0.25, 0.3) is 0 Å². The van der Waals surface area contributed by atoms with Gasteiger partial charge in [0.2, 0.25) is 0 Å². The normalized spacial score (nSPS) is 10.8. The maximum absolute atomic E-state index is 11.3. The number of hydrogen-bond donors (Lipinski definition) is 2. The summed E-state index contributed by atoms with van der Waals surface area (Å²) in [6.45, 7) is 5.89. The van der Waals surface area contributed by atoms with Crippen LogP contribution in [0, 0.1) is 18.3 Å². The Balaban J connectivity index is 2.90.